The first kappa shape index (κ1) is 26.2. The lowest BCUT2D eigenvalue weighted by molar-refractivity contribution is -0.138. The van der Waals surface area contributed by atoms with Gasteiger partial charge in [0, 0.05) is 24.2 Å². The average molecular weight is 494 g/mol. The van der Waals surface area contributed by atoms with Gasteiger partial charge in [0.25, 0.3) is 0 Å². The Hall–Kier alpha value is -3.89. The molecule has 37 heavy (non-hydrogen) atoms. The minimum atomic E-state index is -0.845. The first-order valence-corrected chi connectivity index (χ1v) is 12.7. The Balaban J connectivity index is 1.89. The van der Waals surface area contributed by atoms with Crippen LogP contribution in [0, 0.1) is 13.8 Å². The van der Waals surface area contributed by atoms with Crippen molar-refractivity contribution in [1.29, 1.82) is 0 Å². The highest BCUT2D eigenvalue weighted by atomic mass is 16.5. The number of carboxylic acids is 1. The van der Waals surface area contributed by atoms with Crippen LogP contribution in [0.3, 0.4) is 0 Å². The molecule has 0 spiro atoms. The number of aliphatic carboxylic acids is 1. The molecule has 0 aliphatic rings. The first-order chi connectivity index (χ1) is 17.9. The topological polar surface area (TPSA) is 49.8 Å². The molecule has 4 aromatic rings. The largest absolute Gasteiger partial charge is 0.496 e. The molecule has 0 radical (unpaired) electrons. The van der Waals surface area contributed by atoms with Crippen LogP contribution >= 0.6 is 0 Å². The van der Waals surface area contributed by atoms with Crippen LogP contribution in [0.4, 0.5) is 0 Å². The van der Waals surface area contributed by atoms with Gasteiger partial charge in [0.15, 0.2) is 0 Å². The van der Waals surface area contributed by atoms with E-state index >= 15 is 0 Å². The van der Waals surface area contributed by atoms with Crippen molar-refractivity contribution in [2.45, 2.75) is 45.8 Å². The summed E-state index contributed by atoms with van der Waals surface area (Å²) in [5.41, 5.74) is 7.75. The van der Waals surface area contributed by atoms with Gasteiger partial charge < -0.3 is 9.84 Å². The average Bonchev–Trinajstić information content (AvgIpc) is 2.91. The van der Waals surface area contributed by atoms with Crippen molar-refractivity contribution >= 4 is 5.97 Å². The van der Waals surface area contributed by atoms with E-state index in [9.17, 15) is 9.90 Å². The van der Waals surface area contributed by atoms with Crippen molar-refractivity contribution in [3.63, 3.8) is 0 Å². The second kappa shape index (κ2) is 11.9. The normalized spacial score (nSPS) is 12.8. The van der Waals surface area contributed by atoms with Gasteiger partial charge in [0.05, 0.1) is 13.5 Å². The van der Waals surface area contributed by atoms with Crippen LogP contribution in [0.2, 0.25) is 0 Å². The summed E-state index contributed by atoms with van der Waals surface area (Å²) in [7, 11) is 1.65. The molecule has 0 aromatic heterocycles. The monoisotopic (exact) mass is 493 g/mol. The first-order valence-electron chi connectivity index (χ1n) is 12.7. The maximum atomic E-state index is 12.3. The fourth-order valence-electron chi connectivity index (χ4n) is 5.23. The Morgan fingerprint density at radius 3 is 2.08 bits per heavy atom. The van der Waals surface area contributed by atoms with E-state index in [1.807, 2.05) is 42.5 Å². The lowest BCUT2D eigenvalue weighted by Gasteiger charge is -2.37. The van der Waals surface area contributed by atoms with Crippen molar-refractivity contribution in [2.75, 3.05) is 7.11 Å². The molecule has 190 valence electrons. The molecule has 4 nitrogen and oxygen atoms in total. The van der Waals surface area contributed by atoms with E-state index < -0.39 is 12.0 Å². The Labute approximate surface area is 220 Å². The van der Waals surface area contributed by atoms with E-state index in [2.05, 4.69) is 80.3 Å². The van der Waals surface area contributed by atoms with Gasteiger partial charge in [-0.3, -0.25) is 9.69 Å². The maximum absolute atomic E-state index is 12.3. The van der Waals surface area contributed by atoms with E-state index in [0.717, 1.165) is 22.3 Å². The summed E-state index contributed by atoms with van der Waals surface area (Å²) in [5.74, 6) is -0.151. The summed E-state index contributed by atoms with van der Waals surface area (Å²) in [4.78, 5) is 14.6. The Kier molecular flexibility index (Phi) is 8.42. The van der Waals surface area contributed by atoms with Crippen LogP contribution < -0.4 is 4.74 Å². The molecule has 4 aromatic carbocycles. The number of carboxylic acid groups (broad SMARTS) is 1. The fraction of sp³-hybridized carbons (Fsp3) is 0.242. The van der Waals surface area contributed by atoms with Crippen molar-refractivity contribution in [3.05, 3.63) is 125 Å². The number of nitrogens with zero attached hydrogens (tertiary/aromatic N) is 1. The Bertz CT molecular complexity index is 1310. The number of ether oxygens (including phenoxy) is 1. The molecule has 1 unspecified atom stereocenters. The van der Waals surface area contributed by atoms with Gasteiger partial charge >= 0.3 is 5.97 Å². The highest BCUT2D eigenvalue weighted by Crippen LogP contribution is 2.41. The highest BCUT2D eigenvalue weighted by Gasteiger charge is 2.31. The molecule has 0 aliphatic heterocycles. The molecule has 4 heteroatoms. The van der Waals surface area contributed by atoms with E-state index in [-0.39, 0.29) is 12.5 Å². The number of methoxy groups -OCH3 is 1. The number of hydrogen-bond acceptors (Lipinski definition) is 3. The second-order valence-electron chi connectivity index (χ2n) is 9.58. The predicted octanol–water partition coefficient (Wildman–Crippen LogP) is 7.76. The summed E-state index contributed by atoms with van der Waals surface area (Å²) in [6, 6.07) is 32.5. The summed E-state index contributed by atoms with van der Waals surface area (Å²) in [6.07, 6.45) is -0.0451. The Morgan fingerprint density at radius 1 is 0.865 bits per heavy atom. The minimum absolute atomic E-state index is 0.0284. The number of carbonyl (C=O) groups is 1. The molecule has 0 saturated heterocycles. The molecule has 0 fully saturated rings. The summed E-state index contributed by atoms with van der Waals surface area (Å²) < 4.78 is 5.83. The van der Waals surface area contributed by atoms with Crippen molar-refractivity contribution in [3.8, 4) is 16.9 Å². The molecule has 0 amide bonds. The van der Waals surface area contributed by atoms with Gasteiger partial charge in [-0.2, -0.15) is 0 Å². The minimum Gasteiger partial charge on any atom is -0.496 e. The van der Waals surface area contributed by atoms with Crippen LogP contribution in [0.15, 0.2) is 97.1 Å². The third kappa shape index (κ3) is 6.10. The fourth-order valence-corrected chi connectivity index (χ4v) is 5.23. The van der Waals surface area contributed by atoms with Crippen LogP contribution in [0.5, 0.6) is 5.75 Å². The number of benzene rings is 4. The standard InChI is InChI=1S/C33H35NO3/c1-23-12-11-13-24(2)33(23)28-18-19-31(37-4)29(20-28)30(21-32(35)36)34(22-26-14-7-5-8-15-26)25(3)27-16-9-6-10-17-27/h5-20,25,30H,21-22H2,1-4H3,(H,35,36)/t25-,30?/m1/s1. The Morgan fingerprint density at radius 2 is 1.49 bits per heavy atom. The van der Waals surface area contributed by atoms with Gasteiger partial charge in [0.2, 0.25) is 0 Å². The quantitative estimate of drug-likeness (QED) is 0.245. The molecule has 0 heterocycles. The molecule has 1 N–H and O–H groups in total. The lowest BCUT2D eigenvalue weighted by atomic mass is 9.90. The predicted molar refractivity (Wildman–Crippen MR) is 150 cm³/mol. The number of aryl methyl sites for hydroxylation is 2. The van der Waals surface area contributed by atoms with Gasteiger partial charge in [-0.15, -0.1) is 0 Å². The van der Waals surface area contributed by atoms with E-state index in [0.29, 0.717) is 12.3 Å². The van der Waals surface area contributed by atoms with Crippen molar-refractivity contribution < 1.29 is 14.6 Å². The van der Waals surface area contributed by atoms with Crippen molar-refractivity contribution in [1.82, 2.24) is 4.90 Å². The van der Waals surface area contributed by atoms with E-state index in [1.54, 1.807) is 7.11 Å². The zero-order valence-corrected chi connectivity index (χ0v) is 22.0. The van der Waals surface area contributed by atoms with Gasteiger partial charge in [-0.1, -0.05) is 84.9 Å². The zero-order valence-electron chi connectivity index (χ0n) is 22.0. The third-order valence-electron chi connectivity index (χ3n) is 7.11. The van der Waals surface area contributed by atoms with Gasteiger partial charge in [-0.05, 0) is 66.3 Å². The smallest absolute Gasteiger partial charge is 0.305 e. The molecule has 4 rings (SSSR count). The molecule has 2 atom stereocenters. The highest BCUT2D eigenvalue weighted by molar-refractivity contribution is 5.73. The van der Waals surface area contributed by atoms with Crippen LogP contribution in [0.1, 0.15) is 53.2 Å². The zero-order chi connectivity index (χ0) is 26.4. The van der Waals surface area contributed by atoms with Gasteiger partial charge in [0.1, 0.15) is 5.75 Å². The maximum Gasteiger partial charge on any atom is 0.305 e. The SMILES string of the molecule is COc1ccc(-c2c(C)cccc2C)cc1C(CC(=O)O)N(Cc1ccccc1)[C@H](C)c1ccccc1. The van der Waals surface area contributed by atoms with Crippen molar-refractivity contribution in [2.24, 2.45) is 0 Å². The molecule has 0 aliphatic carbocycles. The van der Waals surface area contributed by atoms with E-state index in [4.69, 9.17) is 4.74 Å². The summed E-state index contributed by atoms with van der Waals surface area (Å²) in [6.45, 7) is 6.97. The molecule has 0 saturated carbocycles. The molecular formula is C33H35NO3. The summed E-state index contributed by atoms with van der Waals surface area (Å²) >= 11 is 0. The second-order valence-corrected chi connectivity index (χ2v) is 9.58. The van der Waals surface area contributed by atoms with Gasteiger partial charge in [-0.25, -0.2) is 0 Å². The molecular weight excluding hydrogens is 458 g/mol. The number of hydrogen-bond donors (Lipinski definition) is 1. The lowest BCUT2D eigenvalue weighted by Crippen LogP contribution is -2.33. The molecule has 0 bridgehead atoms. The third-order valence-corrected chi connectivity index (χ3v) is 7.11. The van der Waals surface area contributed by atoms with E-state index in [1.165, 1.54) is 16.7 Å². The summed E-state index contributed by atoms with van der Waals surface area (Å²) in [5, 5.41) is 10.1. The number of rotatable bonds is 10. The van der Waals surface area contributed by atoms with Crippen LogP contribution in [-0.2, 0) is 11.3 Å². The van der Waals surface area contributed by atoms with Crippen LogP contribution in [-0.4, -0.2) is 23.1 Å². The van der Waals surface area contributed by atoms with Crippen LogP contribution in [0.25, 0.3) is 11.1 Å².